The second-order valence-corrected chi connectivity index (χ2v) is 4.36. The summed E-state index contributed by atoms with van der Waals surface area (Å²) in [5.41, 5.74) is 0.526. The number of hydrogen-bond donors (Lipinski definition) is 2. The van der Waals surface area contributed by atoms with Gasteiger partial charge in [-0.2, -0.15) is 0 Å². The number of rotatable bonds is 3. The summed E-state index contributed by atoms with van der Waals surface area (Å²) < 4.78 is 18.5. The number of carbonyl (C=O) groups is 1. The zero-order valence-corrected chi connectivity index (χ0v) is 11.1. The van der Waals surface area contributed by atoms with E-state index in [0.717, 1.165) is 0 Å². The van der Waals surface area contributed by atoms with Crippen molar-refractivity contribution in [3.8, 4) is 5.75 Å². The molecule has 0 radical (unpaired) electrons. The van der Waals surface area contributed by atoms with Crippen LogP contribution in [0.25, 0.3) is 0 Å². The second-order valence-electron chi connectivity index (χ2n) is 3.85. The molecule has 5 heteroatoms. The molecule has 0 fully saturated rings. The van der Waals surface area contributed by atoms with Gasteiger partial charge in [0.2, 0.25) is 0 Å². The molecule has 0 heterocycles. The molecule has 2 rings (SSSR count). The highest BCUT2D eigenvalue weighted by Crippen LogP contribution is 2.18. The topological polar surface area (TPSA) is 38.3 Å². The molecule has 98 valence electrons. The minimum atomic E-state index is -0.580. The number of methoxy groups -OCH3 is 1. The summed E-state index contributed by atoms with van der Waals surface area (Å²) in [7, 11) is 1.56. The fraction of sp³-hybridized carbons (Fsp3) is 0.0714. The van der Waals surface area contributed by atoms with E-state index in [2.05, 4.69) is 17.9 Å². The minimum absolute atomic E-state index is 0.0386. The largest absolute Gasteiger partial charge is 0.497 e. The molecule has 2 aromatic rings. The van der Waals surface area contributed by atoms with Crippen LogP contribution in [0.4, 0.5) is 10.1 Å². The first-order chi connectivity index (χ1) is 9.10. The van der Waals surface area contributed by atoms with E-state index in [1.165, 1.54) is 18.2 Å². The van der Waals surface area contributed by atoms with Crippen LogP contribution in [-0.2, 0) is 0 Å². The SMILES string of the molecule is COc1ccc(NC(=O)c2cc(S)ccc2F)cc1. The number of hydrogen-bond acceptors (Lipinski definition) is 3. The van der Waals surface area contributed by atoms with E-state index < -0.39 is 11.7 Å². The van der Waals surface area contributed by atoms with E-state index in [4.69, 9.17) is 4.74 Å². The zero-order chi connectivity index (χ0) is 13.8. The molecule has 0 aliphatic rings. The average molecular weight is 277 g/mol. The van der Waals surface area contributed by atoms with E-state index >= 15 is 0 Å². The summed E-state index contributed by atoms with van der Waals surface area (Å²) in [6.07, 6.45) is 0. The lowest BCUT2D eigenvalue weighted by atomic mass is 10.2. The maximum Gasteiger partial charge on any atom is 0.258 e. The normalized spacial score (nSPS) is 10.1. The Bertz CT molecular complexity index is 599. The molecule has 19 heavy (non-hydrogen) atoms. The van der Waals surface area contributed by atoms with Crippen molar-refractivity contribution < 1.29 is 13.9 Å². The van der Waals surface area contributed by atoms with Gasteiger partial charge in [-0.05, 0) is 42.5 Å². The van der Waals surface area contributed by atoms with Gasteiger partial charge in [-0.3, -0.25) is 4.79 Å². The molecule has 0 aliphatic heterocycles. The molecular formula is C14H12FNO2S. The third-order valence-corrected chi connectivity index (χ3v) is 2.82. The van der Waals surface area contributed by atoms with Crippen LogP contribution in [0.15, 0.2) is 47.4 Å². The van der Waals surface area contributed by atoms with Crippen molar-refractivity contribution in [1.29, 1.82) is 0 Å². The molecule has 0 unspecified atom stereocenters. The van der Waals surface area contributed by atoms with Crippen molar-refractivity contribution in [1.82, 2.24) is 0 Å². The highest BCUT2D eigenvalue weighted by molar-refractivity contribution is 7.80. The zero-order valence-electron chi connectivity index (χ0n) is 10.2. The van der Waals surface area contributed by atoms with Gasteiger partial charge in [-0.25, -0.2) is 4.39 Å². The minimum Gasteiger partial charge on any atom is -0.497 e. The summed E-state index contributed by atoms with van der Waals surface area (Å²) in [5.74, 6) is -0.413. The van der Waals surface area contributed by atoms with Crippen LogP contribution in [0.3, 0.4) is 0 Å². The molecule has 0 bridgehead atoms. The fourth-order valence-electron chi connectivity index (χ4n) is 1.56. The molecule has 0 saturated heterocycles. The maximum atomic E-state index is 13.5. The highest BCUT2D eigenvalue weighted by atomic mass is 32.1. The smallest absolute Gasteiger partial charge is 0.258 e. The predicted octanol–water partition coefficient (Wildman–Crippen LogP) is 3.38. The molecule has 0 spiro atoms. The third-order valence-electron chi connectivity index (χ3n) is 2.54. The van der Waals surface area contributed by atoms with Crippen molar-refractivity contribution in [2.75, 3.05) is 12.4 Å². The Balaban J connectivity index is 2.18. The summed E-state index contributed by atoms with van der Waals surface area (Å²) in [6, 6.07) is 10.9. The molecule has 2 aromatic carbocycles. The molecule has 1 amide bonds. The fourth-order valence-corrected chi connectivity index (χ4v) is 1.76. The summed E-state index contributed by atoms with van der Waals surface area (Å²) >= 11 is 4.09. The third kappa shape index (κ3) is 3.26. The molecule has 0 aliphatic carbocycles. The van der Waals surface area contributed by atoms with Gasteiger partial charge < -0.3 is 10.1 Å². The molecule has 0 atom stereocenters. The van der Waals surface area contributed by atoms with Gasteiger partial charge in [0, 0.05) is 10.6 Å². The van der Waals surface area contributed by atoms with E-state index in [0.29, 0.717) is 16.3 Å². The summed E-state index contributed by atoms with van der Waals surface area (Å²) in [4.78, 5) is 12.5. The Morgan fingerprint density at radius 1 is 1.21 bits per heavy atom. The summed E-state index contributed by atoms with van der Waals surface area (Å²) in [5, 5.41) is 2.61. The standard InChI is InChI=1S/C14H12FNO2S/c1-18-10-4-2-9(3-5-10)16-14(17)12-8-11(19)6-7-13(12)15/h2-8,19H,1H3,(H,16,17). The number of thiol groups is 1. The first-order valence-electron chi connectivity index (χ1n) is 5.54. The van der Waals surface area contributed by atoms with Gasteiger partial charge in [-0.15, -0.1) is 12.6 Å². The van der Waals surface area contributed by atoms with Gasteiger partial charge in [0.15, 0.2) is 0 Å². The van der Waals surface area contributed by atoms with Crippen LogP contribution in [0, 0.1) is 5.82 Å². The Morgan fingerprint density at radius 3 is 2.53 bits per heavy atom. The first-order valence-corrected chi connectivity index (χ1v) is 5.99. The predicted molar refractivity (Wildman–Crippen MR) is 74.6 cm³/mol. The number of carbonyl (C=O) groups excluding carboxylic acids is 1. The van der Waals surface area contributed by atoms with E-state index in [-0.39, 0.29) is 5.56 Å². The Morgan fingerprint density at radius 2 is 1.89 bits per heavy atom. The van der Waals surface area contributed by atoms with Crippen molar-refractivity contribution in [3.05, 3.63) is 53.8 Å². The number of amides is 1. The van der Waals surface area contributed by atoms with Crippen LogP contribution in [-0.4, -0.2) is 13.0 Å². The number of halogens is 1. The number of ether oxygens (including phenoxy) is 1. The highest BCUT2D eigenvalue weighted by Gasteiger charge is 2.12. The monoisotopic (exact) mass is 277 g/mol. The van der Waals surface area contributed by atoms with Crippen LogP contribution in [0.5, 0.6) is 5.75 Å². The van der Waals surface area contributed by atoms with Crippen LogP contribution in [0.1, 0.15) is 10.4 Å². The molecule has 0 saturated carbocycles. The number of nitrogens with one attached hydrogen (secondary N) is 1. The van der Waals surface area contributed by atoms with Crippen molar-refractivity contribution in [3.63, 3.8) is 0 Å². The van der Waals surface area contributed by atoms with Crippen molar-refractivity contribution in [2.24, 2.45) is 0 Å². The van der Waals surface area contributed by atoms with Crippen LogP contribution >= 0.6 is 12.6 Å². The quantitative estimate of drug-likeness (QED) is 0.844. The van der Waals surface area contributed by atoms with Crippen molar-refractivity contribution >= 4 is 24.2 Å². The maximum absolute atomic E-state index is 13.5. The Hall–Kier alpha value is -2.01. The lowest BCUT2D eigenvalue weighted by Gasteiger charge is -2.07. The van der Waals surface area contributed by atoms with Gasteiger partial charge >= 0.3 is 0 Å². The van der Waals surface area contributed by atoms with Gasteiger partial charge in [-0.1, -0.05) is 0 Å². The Labute approximate surface area is 115 Å². The van der Waals surface area contributed by atoms with Crippen LogP contribution < -0.4 is 10.1 Å². The lowest BCUT2D eigenvalue weighted by molar-refractivity contribution is 0.102. The molecular weight excluding hydrogens is 265 g/mol. The number of benzene rings is 2. The first kappa shape index (κ1) is 13.4. The van der Waals surface area contributed by atoms with E-state index in [9.17, 15) is 9.18 Å². The molecule has 3 nitrogen and oxygen atoms in total. The van der Waals surface area contributed by atoms with Crippen LogP contribution in [0.2, 0.25) is 0 Å². The Kier molecular flexibility index (Phi) is 4.06. The molecule has 0 aromatic heterocycles. The lowest BCUT2D eigenvalue weighted by Crippen LogP contribution is -2.13. The van der Waals surface area contributed by atoms with Gasteiger partial charge in [0.25, 0.3) is 5.91 Å². The van der Waals surface area contributed by atoms with E-state index in [1.807, 2.05) is 0 Å². The average Bonchev–Trinajstić information content (AvgIpc) is 2.42. The number of anilines is 1. The summed E-state index contributed by atoms with van der Waals surface area (Å²) in [6.45, 7) is 0. The second kappa shape index (κ2) is 5.75. The van der Waals surface area contributed by atoms with Gasteiger partial charge in [0.1, 0.15) is 11.6 Å². The van der Waals surface area contributed by atoms with Gasteiger partial charge in [0.05, 0.1) is 12.7 Å². The van der Waals surface area contributed by atoms with E-state index in [1.54, 1.807) is 31.4 Å². The molecule has 1 N–H and O–H groups in total. The van der Waals surface area contributed by atoms with Crippen molar-refractivity contribution in [2.45, 2.75) is 4.90 Å².